The number of fused-ring (bicyclic) bond motifs is 1. The van der Waals surface area contributed by atoms with Crippen LogP contribution in [-0.4, -0.2) is 10.4 Å². The maximum atomic E-state index is 12.1. The molecule has 18 heavy (non-hydrogen) atoms. The average Bonchev–Trinajstić information content (AvgIpc) is 2.55. The minimum atomic E-state index is 0.113. The second kappa shape index (κ2) is 4.25. The van der Waals surface area contributed by atoms with Crippen LogP contribution < -0.4 is 0 Å². The first-order chi connectivity index (χ1) is 8.18. The van der Waals surface area contributed by atoms with Gasteiger partial charge in [0.1, 0.15) is 0 Å². The van der Waals surface area contributed by atoms with E-state index in [1.165, 1.54) is 5.69 Å². The van der Waals surface area contributed by atoms with Gasteiger partial charge in [-0.25, -0.2) is 0 Å². The Morgan fingerprint density at radius 3 is 2.56 bits per heavy atom. The van der Waals surface area contributed by atoms with Gasteiger partial charge in [0, 0.05) is 30.4 Å². The van der Waals surface area contributed by atoms with Crippen LogP contribution in [-0.2, 0) is 13.0 Å². The van der Waals surface area contributed by atoms with Crippen molar-refractivity contribution in [3.8, 4) is 0 Å². The largest absolute Gasteiger partial charge is 0.351 e. The van der Waals surface area contributed by atoms with E-state index in [1.54, 1.807) is 0 Å². The molecular weight excluding hydrogens is 222 g/mol. The maximum Gasteiger partial charge on any atom is 0.165 e. The maximum absolute atomic E-state index is 12.1. The second-order valence-electron chi connectivity index (χ2n) is 7.62. The average molecular weight is 247 g/mol. The molecule has 2 nitrogen and oxygen atoms in total. The molecule has 0 fully saturated rings. The van der Waals surface area contributed by atoms with Crippen molar-refractivity contribution >= 4 is 5.78 Å². The lowest BCUT2D eigenvalue weighted by atomic mass is 9.76. The Balaban J connectivity index is 2.23. The van der Waals surface area contributed by atoms with E-state index in [0.29, 0.717) is 17.6 Å². The van der Waals surface area contributed by atoms with Gasteiger partial charge in [-0.2, -0.15) is 0 Å². The van der Waals surface area contributed by atoms with Crippen molar-refractivity contribution in [3.05, 3.63) is 23.5 Å². The molecule has 0 amide bonds. The Hall–Kier alpha value is -1.05. The van der Waals surface area contributed by atoms with E-state index in [9.17, 15) is 4.79 Å². The number of aryl methyl sites for hydroxylation is 1. The first kappa shape index (κ1) is 13.4. The van der Waals surface area contributed by atoms with Crippen LogP contribution in [0.5, 0.6) is 0 Å². The van der Waals surface area contributed by atoms with Crippen molar-refractivity contribution in [2.24, 2.45) is 10.8 Å². The molecule has 0 saturated carbocycles. The SMILES string of the molecule is CC(C)(C)CCn1ccc2c1CC(C)(C)CC2=O. The van der Waals surface area contributed by atoms with E-state index < -0.39 is 0 Å². The van der Waals surface area contributed by atoms with Crippen LogP contribution in [0.1, 0.15) is 63.5 Å². The molecule has 1 aromatic heterocycles. The van der Waals surface area contributed by atoms with Gasteiger partial charge < -0.3 is 4.57 Å². The number of rotatable bonds is 2. The first-order valence-corrected chi connectivity index (χ1v) is 6.89. The van der Waals surface area contributed by atoms with Crippen LogP contribution in [0.15, 0.2) is 12.3 Å². The summed E-state index contributed by atoms with van der Waals surface area (Å²) in [6.45, 7) is 12.2. The summed E-state index contributed by atoms with van der Waals surface area (Å²) in [5, 5.41) is 0. The Labute approximate surface area is 110 Å². The highest BCUT2D eigenvalue weighted by Gasteiger charge is 2.32. The highest BCUT2D eigenvalue weighted by Crippen LogP contribution is 2.35. The highest BCUT2D eigenvalue weighted by molar-refractivity contribution is 5.98. The van der Waals surface area contributed by atoms with Crippen LogP contribution in [0, 0.1) is 10.8 Å². The second-order valence-corrected chi connectivity index (χ2v) is 7.62. The first-order valence-electron chi connectivity index (χ1n) is 6.89. The van der Waals surface area contributed by atoms with Crippen LogP contribution in [0.4, 0.5) is 0 Å². The fourth-order valence-corrected chi connectivity index (χ4v) is 2.67. The summed E-state index contributed by atoms with van der Waals surface area (Å²) < 4.78 is 2.29. The van der Waals surface area contributed by atoms with Crippen molar-refractivity contribution in [2.45, 2.75) is 60.4 Å². The number of ketones is 1. The summed E-state index contributed by atoms with van der Waals surface area (Å²) in [4.78, 5) is 12.1. The molecule has 0 aliphatic heterocycles. The van der Waals surface area contributed by atoms with E-state index >= 15 is 0 Å². The molecular formula is C16H25NO. The van der Waals surface area contributed by atoms with Crippen LogP contribution in [0.3, 0.4) is 0 Å². The van der Waals surface area contributed by atoms with Crippen LogP contribution in [0.25, 0.3) is 0 Å². The van der Waals surface area contributed by atoms with Gasteiger partial charge in [-0.05, 0) is 29.7 Å². The van der Waals surface area contributed by atoms with E-state index in [2.05, 4.69) is 45.4 Å². The van der Waals surface area contributed by atoms with Crippen molar-refractivity contribution < 1.29 is 4.79 Å². The monoisotopic (exact) mass is 247 g/mol. The number of carbonyl (C=O) groups excluding carboxylic acids is 1. The van der Waals surface area contributed by atoms with Crippen molar-refractivity contribution in [1.29, 1.82) is 0 Å². The fraction of sp³-hybridized carbons (Fsp3) is 0.688. The smallest absolute Gasteiger partial charge is 0.165 e. The summed E-state index contributed by atoms with van der Waals surface area (Å²) in [5.74, 6) is 0.316. The zero-order valence-corrected chi connectivity index (χ0v) is 12.3. The predicted octanol–water partition coefficient (Wildman–Crippen LogP) is 4.08. The molecule has 0 N–H and O–H groups in total. The molecule has 1 aromatic rings. The zero-order valence-electron chi connectivity index (χ0n) is 12.3. The standard InChI is InChI=1S/C16H25NO/c1-15(2,3)7-9-17-8-6-12-13(17)10-16(4,5)11-14(12)18/h6,8H,7,9-11H2,1-5H3. The van der Waals surface area contributed by atoms with Gasteiger partial charge in [0.15, 0.2) is 5.78 Å². The fourth-order valence-electron chi connectivity index (χ4n) is 2.67. The van der Waals surface area contributed by atoms with Gasteiger partial charge in [0.25, 0.3) is 0 Å². The third-order valence-electron chi connectivity index (χ3n) is 3.77. The van der Waals surface area contributed by atoms with Crippen LogP contribution in [0.2, 0.25) is 0 Å². The van der Waals surface area contributed by atoms with Gasteiger partial charge >= 0.3 is 0 Å². The number of carbonyl (C=O) groups is 1. The Morgan fingerprint density at radius 1 is 1.28 bits per heavy atom. The molecule has 100 valence electrons. The molecule has 0 spiro atoms. The molecule has 1 aliphatic carbocycles. The Bertz CT molecular complexity index is 460. The van der Waals surface area contributed by atoms with E-state index in [0.717, 1.165) is 24.9 Å². The summed E-state index contributed by atoms with van der Waals surface area (Å²) in [7, 11) is 0. The third kappa shape index (κ3) is 2.85. The molecule has 2 rings (SSSR count). The minimum Gasteiger partial charge on any atom is -0.351 e. The van der Waals surface area contributed by atoms with Crippen LogP contribution >= 0.6 is 0 Å². The number of Topliss-reactive ketones (excluding diaryl/α,β-unsaturated/α-hetero) is 1. The van der Waals surface area contributed by atoms with E-state index in [-0.39, 0.29) is 5.41 Å². The minimum absolute atomic E-state index is 0.113. The lowest BCUT2D eigenvalue weighted by Crippen LogP contribution is -2.28. The summed E-state index contributed by atoms with van der Waals surface area (Å²) in [5.41, 5.74) is 2.66. The molecule has 2 heteroatoms. The Morgan fingerprint density at radius 2 is 1.94 bits per heavy atom. The molecule has 1 aliphatic rings. The number of hydrogen-bond donors (Lipinski definition) is 0. The van der Waals surface area contributed by atoms with Gasteiger partial charge in [-0.15, -0.1) is 0 Å². The van der Waals surface area contributed by atoms with E-state index in [4.69, 9.17) is 0 Å². The lowest BCUT2D eigenvalue weighted by molar-refractivity contribution is 0.0910. The van der Waals surface area contributed by atoms with Crippen molar-refractivity contribution in [2.75, 3.05) is 0 Å². The summed E-state index contributed by atoms with van der Waals surface area (Å²) in [6.07, 6.45) is 4.94. The van der Waals surface area contributed by atoms with Crippen molar-refractivity contribution in [3.63, 3.8) is 0 Å². The van der Waals surface area contributed by atoms with E-state index in [1.807, 2.05) is 6.07 Å². The lowest BCUT2D eigenvalue weighted by Gasteiger charge is -2.30. The third-order valence-corrected chi connectivity index (χ3v) is 3.77. The molecule has 0 radical (unpaired) electrons. The van der Waals surface area contributed by atoms with Gasteiger partial charge in [-0.1, -0.05) is 34.6 Å². The predicted molar refractivity (Wildman–Crippen MR) is 74.9 cm³/mol. The summed E-state index contributed by atoms with van der Waals surface area (Å²) in [6, 6.07) is 2.01. The van der Waals surface area contributed by atoms with Gasteiger partial charge in [0.05, 0.1) is 0 Å². The summed E-state index contributed by atoms with van der Waals surface area (Å²) >= 11 is 0. The number of hydrogen-bond acceptors (Lipinski definition) is 1. The molecule has 0 unspecified atom stereocenters. The number of aromatic nitrogens is 1. The van der Waals surface area contributed by atoms with Gasteiger partial charge in [0.2, 0.25) is 0 Å². The highest BCUT2D eigenvalue weighted by atomic mass is 16.1. The quantitative estimate of drug-likeness (QED) is 0.772. The Kier molecular flexibility index (Phi) is 3.16. The molecule has 0 saturated heterocycles. The number of nitrogens with zero attached hydrogens (tertiary/aromatic N) is 1. The molecule has 1 heterocycles. The molecule has 0 aromatic carbocycles. The van der Waals surface area contributed by atoms with Gasteiger partial charge in [-0.3, -0.25) is 4.79 Å². The molecule has 0 bridgehead atoms. The normalized spacial score (nSPS) is 18.8. The topological polar surface area (TPSA) is 22.0 Å². The zero-order chi connectivity index (χ0) is 13.6. The molecule has 0 atom stereocenters. The van der Waals surface area contributed by atoms with Crippen molar-refractivity contribution in [1.82, 2.24) is 4.57 Å².